The first kappa shape index (κ1) is 10.2. The van der Waals surface area contributed by atoms with Crippen LogP contribution in [-0.4, -0.2) is 42.9 Å². The van der Waals surface area contributed by atoms with Gasteiger partial charge < -0.3 is 4.74 Å². The van der Waals surface area contributed by atoms with Crippen LogP contribution in [0.2, 0.25) is 0 Å². The number of ether oxygens (including phenoxy) is 1. The molecule has 0 spiro atoms. The molecule has 0 saturated carbocycles. The molecule has 1 fully saturated rings. The first-order valence-electron chi connectivity index (χ1n) is 4.56. The maximum atomic E-state index is 10.9. The van der Waals surface area contributed by atoms with Gasteiger partial charge in [0.05, 0.1) is 6.42 Å². The minimum Gasteiger partial charge on any atom is -0.464 e. The summed E-state index contributed by atoms with van der Waals surface area (Å²) in [5.41, 5.74) is 0. The van der Waals surface area contributed by atoms with Crippen molar-refractivity contribution in [3.05, 3.63) is 0 Å². The van der Waals surface area contributed by atoms with Crippen molar-refractivity contribution in [2.75, 3.05) is 26.2 Å². The van der Waals surface area contributed by atoms with Crippen molar-refractivity contribution in [2.24, 2.45) is 0 Å². The Morgan fingerprint density at radius 2 is 2.31 bits per heavy atom. The lowest BCUT2D eigenvalue weighted by atomic mass is 10.3. The SMILES string of the molecule is CC(=O)CCN1CCOC(=O)CC1. The summed E-state index contributed by atoms with van der Waals surface area (Å²) in [5, 5.41) is 0. The molecule has 0 amide bonds. The molecule has 1 aliphatic rings. The number of nitrogens with zero attached hydrogens (tertiary/aromatic N) is 1. The number of Topliss-reactive ketones (excluding diaryl/α,β-unsaturated/α-hetero) is 1. The zero-order chi connectivity index (χ0) is 9.68. The number of hydrogen-bond acceptors (Lipinski definition) is 4. The van der Waals surface area contributed by atoms with Crippen LogP contribution in [0.25, 0.3) is 0 Å². The first-order chi connectivity index (χ1) is 6.18. The zero-order valence-electron chi connectivity index (χ0n) is 7.91. The summed E-state index contributed by atoms with van der Waals surface area (Å²) in [6.45, 7) is 4.24. The molecule has 0 aromatic carbocycles. The third-order valence-corrected chi connectivity index (χ3v) is 2.08. The highest BCUT2D eigenvalue weighted by Crippen LogP contribution is 2.01. The summed E-state index contributed by atoms with van der Waals surface area (Å²) in [4.78, 5) is 23.7. The maximum absolute atomic E-state index is 10.9. The molecule has 4 heteroatoms. The van der Waals surface area contributed by atoms with Crippen LogP contribution in [0.3, 0.4) is 0 Å². The summed E-state index contributed by atoms with van der Waals surface area (Å²) < 4.78 is 4.87. The number of carbonyl (C=O) groups excluding carboxylic acids is 2. The van der Waals surface area contributed by atoms with Crippen LogP contribution in [-0.2, 0) is 14.3 Å². The Labute approximate surface area is 77.8 Å². The van der Waals surface area contributed by atoms with Gasteiger partial charge in [-0.25, -0.2) is 0 Å². The Morgan fingerprint density at radius 3 is 3.00 bits per heavy atom. The van der Waals surface area contributed by atoms with Crippen molar-refractivity contribution in [3.8, 4) is 0 Å². The molecule has 0 N–H and O–H groups in total. The molecule has 0 bridgehead atoms. The number of rotatable bonds is 3. The molecule has 1 aliphatic heterocycles. The van der Waals surface area contributed by atoms with Gasteiger partial charge in [0.2, 0.25) is 0 Å². The maximum Gasteiger partial charge on any atom is 0.307 e. The van der Waals surface area contributed by atoms with E-state index in [9.17, 15) is 9.59 Å². The quantitative estimate of drug-likeness (QED) is 0.590. The lowest BCUT2D eigenvalue weighted by Gasteiger charge is -2.16. The van der Waals surface area contributed by atoms with Crippen LogP contribution in [0.5, 0.6) is 0 Å². The third-order valence-electron chi connectivity index (χ3n) is 2.08. The van der Waals surface area contributed by atoms with Gasteiger partial charge in [-0.1, -0.05) is 0 Å². The van der Waals surface area contributed by atoms with E-state index in [2.05, 4.69) is 4.90 Å². The molecular weight excluding hydrogens is 170 g/mol. The van der Waals surface area contributed by atoms with E-state index in [4.69, 9.17) is 4.74 Å². The highest BCUT2D eigenvalue weighted by molar-refractivity contribution is 5.75. The van der Waals surface area contributed by atoms with Gasteiger partial charge in [-0.05, 0) is 6.92 Å². The summed E-state index contributed by atoms with van der Waals surface area (Å²) >= 11 is 0. The molecule has 0 unspecified atom stereocenters. The van der Waals surface area contributed by atoms with E-state index in [-0.39, 0.29) is 11.8 Å². The number of hydrogen-bond donors (Lipinski definition) is 0. The smallest absolute Gasteiger partial charge is 0.307 e. The fourth-order valence-electron chi connectivity index (χ4n) is 1.26. The van der Waals surface area contributed by atoms with Crippen molar-refractivity contribution in [1.29, 1.82) is 0 Å². The van der Waals surface area contributed by atoms with Crippen LogP contribution in [0, 0.1) is 0 Å². The lowest BCUT2D eigenvalue weighted by molar-refractivity contribution is -0.142. The zero-order valence-corrected chi connectivity index (χ0v) is 7.91. The van der Waals surface area contributed by atoms with Gasteiger partial charge in [0, 0.05) is 26.1 Å². The highest BCUT2D eigenvalue weighted by atomic mass is 16.5. The molecule has 1 heterocycles. The topological polar surface area (TPSA) is 46.6 Å². The van der Waals surface area contributed by atoms with Crippen molar-refractivity contribution >= 4 is 11.8 Å². The molecule has 0 aromatic rings. The van der Waals surface area contributed by atoms with Gasteiger partial charge in [-0.15, -0.1) is 0 Å². The van der Waals surface area contributed by atoms with E-state index in [1.54, 1.807) is 6.92 Å². The molecule has 13 heavy (non-hydrogen) atoms. The fraction of sp³-hybridized carbons (Fsp3) is 0.778. The average Bonchev–Trinajstić information content (AvgIpc) is 2.27. The normalized spacial score (nSPS) is 19.3. The van der Waals surface area contributed by atoms with E-state index >= 15 is 0 Å². The molecule has 1 rings (SSSR count). The summed E-state index contributed by atoms with van der Waals surface area (Å²) in [7, 11) is 0. The molecule has 4 nitrogen and oxygen atoms in total. The molecule has 1 saturated heterocycles. The van der Waals surface area contributed by atoms with Gasteiger partial charge in [0.25, 0.3) is 0 Å². The third kappa shape index (κ3) is 4.03. The van der Waals surface area contributed by atoms with Gasteiger partial charge >= 0.3 is 5.97 Å². The van der Waals surface area contributed by atoms with Crippen LogP contribution in [0.15, 0.2) is 0 Å². The molecule has 74 valence electrons. The van der Waals surface area contributed by atoms with Crippen LogP contribution in [0.4, 0.5) is 0 Å². The van der Waals surface area contributed by atoms with Gasteiger partial charge in [-0.3, -0.25) is 14.5 Å². The Balaban J connectivity index is 2.25. The summed E-state index contributed by atoms with van der Waals surface area (Å²) in [5.74, 6) is 0.0572. The summed E-state index contributed by atoms with van der Waals surface area (Å²) in [6, 6.07) is 0. The fourth-order valence-corrected chi connectivity index (χ4v) is 1.26. The van der Waals surface area contributed by atoms with Crippen molar-refractivity contribution < 1.29 is 14.3 Å². The van der Waals surface area contributed by atoms with Crippen LogP contribution in [0.1, 0.15) is 19.8 Å². The Morgan fingerprint density at radius 1 is 1.54 bits per heavy atom. The minimum absolute atomic E-state index is 0.134. The molecule has 0 atom stereocenters. The Kier molecular flexibility index (Phi) is 3.89. The standard InChI is InChI=1S/C9H15NO3/c1-8(11)2-4-10-5-3-9(12)13-7-6-10/h2-7H2,1H3. The second-order valence-corrected chi connectivity index (χ2v) is 3.26. The molecule has 0 aliphatic carbocycles. The first-order valence-corrected chi connectivity index (χ1v) is 4.56. The van der Waals surface area contributed by atoms with E-state index in [0.29, 0.717) is 26.0 Å². The molecule has 0 radical (unpaired) electrons. The Bertz CT molecular complexity index is 203. The van der Waals surface area contributed by atoms with Gasteiger partial charge in [-0.2, -0.15) is 0 Å². The van der Waals surface area contributed by atoms with E-state index in [1.165, 1.54) is 0 Å². The Hall–Kier alpha value is -0.900. The number of esters is 1. The van der Waals surface area contributed by atoms with E-state index < -0.39 is 0 Å². The average molecular weight is 185 g/mol. The van der Waals surface area contributed by atoms with Crippen molar-refractivity contribution in [2.45, 2.75) is 19.8 Å². The predicted octanol–water partition coefficient (Wildman–Crippen LogP) is 0.214. The summed E-state index contributed by atoms with van der Waals surface area (Å²) in [6.07, 6.45) is 1.01. The van der Waals surface area contributed by atoms with E-state index in [1.807, 2.05) is 0 Å². The predicted molar refractivity (Wildman–Crippen MR) is 47.3 cm³/mol. The van der Waals surface area contributed by atoms with Gasteiger partial charge in [0.1, 0.15) is 12.4 Å². The number of cyclic esters (lactones) is 1. The second-order valence-electron chi connectivity index (χ2n) is 3.26. The largest absolute Gasteiger partial charge is 0.464 e. The number of carbonyl (C=O) groups is 2. The monoisotopic (exact) mass is 185 g/mol. The van der Waals surface area contributed by atoms with E-state index in [0.717, 1.165) is 13.1 Å². The minimum atomic E-state index is -0.134. The van der Waals surface area contributed by atoms with Gasteiger partial charge in [0.15, 0.2) is 0 Å². The lowest BCUT2D eigenvalue weighted by Crippen LogP contribution is -2.28. The highest BCUT2D eigenvalue weighted by Gasteiger charge is 2.14. The van der Waals surface area contributed by atoms with Crippen molar-refractivity contribution in [1.82, 2.24) is 4.90 Å². The van der Waals surface area contributed by atoms with Crippen LogP contribution >= 0.6 is 0 Å². The second kappa shape index (κ2) is 4.97. The molecule has 0 aromatic heterocycles. The number of ketones is 1. The molecular formula is C9H15NO3. The van der Waals surface area contributed by atoms with Crippen molar-refractivity contribution in [3.63, 3.8) is 0 Å². The van der Waals surface area contributed by atoms with Crippen LogP contribution < -0.4 is 0 Å².